The monoisotopic (exact) mass is 295 g/mol. The third kappa shape index (κ3) is 2.82. The van der Waals surface area contributed by atoms with Crippen molar-refractivity contribution in [3.05, 3.63) is 28.2 Å². The van der Waals surface area contributed by atoms with Crippen molar-refractivity contribution in [2.45, 2.75) is 6.18 Å². The van der Waals surface area contributed by atoms with E-state index in [1.165, 1.54) is 18.2 Å². The summed E-state index contributed by atoms with van der Waals surface area (Å²) in [5, 5.41) is 5.34. The summed E-state index contributed by atoms with van der Waals surface area (Å²) in [6, 6.07) is 4.36. The second-order valence-corrected chi connectivity index (χ2v) is 4.53. The van der Waals surface area contributed by atoms with Crippen LogP contribution in [0.2, 0.25) is 5.02 Å². The molecule has 0 radical (unpaired) electrons. The Balaban J connectivity index is 2.21. The molecule has 18 heavy (non-hydrogen) atoms. The van der Waals surface area contributed by atoms with E-state index >= 15 is 0 Å². The van der Waals surface area contributed by atoms with Crippen molar-refractivity contribution in [2.24, 2.45) is 0 Å². The van der Waals surface area contributed by atoms with Crippen molar-refractivity contribution in [1.82, 2.24) is 10.2 Å². The maximum absolute atomic E-state index is 12.3. The normalized spacial score (nSPS) is 11.6. The van der Waals surface area contributed by atoms with Gasteiger partial charge >= 0.3 is 6.18 Å². The number of aromatic nitrogens is 2. The molecule has 0 saturated carbocycles. The van der Waals surface area contributed by atoms with Gasteiger partial charge in [0.1, 0.15) is 0 Å². The summed E-state index contributed by atoms with van der Waals surface area (Å²) in [5.41, 5.74) is 5.79. The molecule has 9 heteroatoms. The molecule has 0 spiro atoms. The minimum absolute atomic E-state index is 0.171. The van der Waals surface area contributed by atoms with Crippen molar-refractivity contribution in [1.29, 1.82) is 0 Å². The lowest BCUT2D eigenvalue weighted by atomic mass is 10.3. The van der Waals surface area contributed by atoms with Gasteiger partial charge in [-0.25, -0.2) is 0 Å². The van der Waals surface area contributed by atoms with Gasteiger partial charge in [-0.2, -0.15) is 13.2 Å². The van der Waals surface area contributed by atoms with Crippen molar-refractivity contribution in [2.75, 3.05) is 5.73 Å². The summed E-state index contributed by atoms with van der Waals surface area (Å²) in [6.45, 7) is 0. The van der Waals surface area contributed by atoms with E-state index in [9.17, 15) is 13.2 Å². The first-order valence-corrected chi connectivity index (χ1v) is 5.69. The zero-order valence-electron chi connectivity index (χ0n) is 8.53. The Labute approximate surface area is 108 Å². The summed E-state index contributed by atoms with van der Waals surface area (Å²) in [6.07, 6.45) is -4.54. The Morgan fingerprint density at radius 1 is 1.28 bits per heavy atom. The average Bonchev–Trinajstić information content (AvgIpc) is 2.70. The number of halogens is 4. The summed E-state index contributed by atoms with van der Waals surface area (Å²) in [4.78, 5) is 0. The van der Waals surface area contributed by atoms with E-state index in [2.05, 4.69) is 10.2 Å². The van der Waals surface area contributed by atoms with Crippen molar-refractivity contribution < 1.29 is 17.9 Å². The van der Waals surface area contributed by atoms with Gasteiger partial charge in [-0.1, -0.05) is 28.0 Å². The first-order valence-electron chi connectivity index (χ1n) is 4.50. The first-order chi connectivity index (χ1) is 8.36. The van der Waals surface area contributed by atoms with E-state index in [4.69, 9.17) is 22.1 Å². The van der Waals surface area contributed by atoms with Crippen molar-refractivity contribution in [3.8, 4) is 10.9 Å². The van der Waals surface area contributed by atoms with Gasteiger partial charge < -0.3 is 10.5 Å². The number of alkyl halides is 3. The Morgan fingerprint density at radius 3 is 2.56 bits per heavy atom. The van der Waals surface area contributed by atoms with E-state index in [-0.39, 0.29) is 28.0 Å². The third-order valence-corrected chi connectivity index (χ3v) is 2.90. The molecule has 2 N–H and O–H groups in total. The van der Waals surface area contributed by atoms with Crippen LogP contribution >= 0.6 is 22.9 Å². The van der Waals surface area contributed by atoms with E-state index < -0.39 is 11.2 Å². The molecule has 1 aromatic heterocycles. The molecule has 96 valence electrons. The molecule has 0 fully saturated rings. The SMILES string of the molecule is Nc1cc(Cl)ccc1Oc1nnc(C(F)(F)F)s1. The van der Waals surface area contributed by atoms with Gasteiger partial charge in [0, 0.05) is 5.02 Å². The first kappa shape index (κ1) is 12.9. The van der Waals surface area contributed by atoms with Gasteiger partial charge in [0.05, 0.1) is 5.69 Å². The number of rotatable bonds is 2. The van der Waals surface area contributed by atoms with Crippen LogP contribution in [0, 0.1) is 0 Å². The molecular formula is C9H5ClF3N3OS. The van der Waals surface area contributed by atoms with Gasteiger partial charge in [-0.15, -0.1) is 5.10 Å². The molecule has 0 amide bonds. The summed E-state index contributed by atoms with van der Waals surface area (Å²) in [7, 11) is 0. The highest BCUT2D eigenvalue weighted by Crippen LogP contribution is 2.36. The molecular weight excluding hydrogens is 291 g/mol. The standard InChI is InChI=1S/C9H5ClF3N3OS/c10-4-1-2-6(5(14)3-4)17-8-16-15-7(18-8)9(11,12)13/h1-3H,14H2. The van der Waals surface area contributed by atoms with Crippen molar-refractivity contribution in [3.63, 3.8) is 0 Å². The Morgan fingerprint density at radius 2 is 2.00 bits per heavy atom. The summed E-state index contributed by atoms with van der Waals surface area (Å²) >= 11 is 5.96. The topological polar surface area (TPSA) is 61.0 Å². The minimum atomic E-state index is -4.54. The molecule has 4 nitrogen and oxygen atoms in total. The minimum Gasteiger partial charge on any atom is -0.428 e. The van der Waals surface area contributed by atoms with Crippen LogP contribution in [0.4, 0.5) is 18.9 Å². The summed E-state index contributed by atoms with van der Waals surface area (Å²) < 4.78 is 41.9. The molecule has 0 saturated heterocycles. The van der Waals surface area contributed by atoms with Crippen molar-refractivity contribution >= 4 is 28.6 Å². The van der Waals surface area contributed by atoms with Crippen LogP contribution in [0.15, 0.2) is 18.2 Å². The number of benzene rings is 1. The zero-order chi connectivity index (χ0) is 13.3. The predicted octanol–water partition coefficient (Wildman–Crippen LogP) is 3.58. The lowest BCUT2D eigenvalue weighted by Crippen LogP contribution is -2.03. The smallest absolute Gasteiger partial charge is 0.428 e. The maximum Gasteiger partial charge on any atom is 0.445 e. The highest BCUT2D eigenvalue weighted by atomic mass is 35.5. The second kappa shape index (κ2) is 4.62. The number of hydrogen-bond donors (Lipinski definition) is 1. The molecule has 0 atom stereocenters. The van der Waals surface area contributed by atoms with Crippen LogP contribution < -0.4 is 10.5 Å². The maximum atomic E-state index is 12.3. The molecule has 0 aliphatic heterocycles. The van der Waals surface area contributed by atoms with E-state index in [0.29, 0.717) is 5.02 Å². The van der Waals surface area contributed by atoms with Crippen LogP contribution in [0.3, 0.4) is 0 Å². The fraction of sp³-hybridized carbons (Fsp3) is 0.111. The molecule has 2 aromatic rings. The molecule has 1 heterocycles. The number of anilines is 1. The highest BCUT2D eigenvalue weighted by molar-refractivity contribution is 7.13. The third-order valence-electron chi connectivity index (χ3n) is 1.82. The van der Waals surface area contributed by atoms with Gasteiger partial charge in [-0.05, 0) is 18.2 Å². The number of hydrogen-bond acceptors (Lipinski definition) is 5. The highest BCUT2D eigenvalue weighted by Gasteiger charge is 2.36. The molecule has 2 rings (SSSR count). The second-order valence-electron chi connectivity index (χ2n) is 3.16. The lowest BCUT2D eigenvalue weighted by Gasteiger charge is -2.04. The van der Waals surface area contributed by atoms with Crippen LogP contribution in [0.25, 0.3) is 0 Å². The van der Waals surface area contributed by atoms with Crippen LogP contribution in [-0.2, 0) is 6.18 Å². The molecule has 0 aliphatic carbocycles. The van der Waals surface area contributed by atoms with Crippen LogP contribution in [0.5, 0.6) is 10.9 Å². The van der Waals surface area contributed by atoms with E-state index in [0.717, 1.165) is 0 Å². The molecule has 0 aliphatic rings. The Hall–Kier alpha value is -1.54. The molecule has 1 aromatic carbocycles. The fourth-order valence-corrected chi connectivity index (χ4v) is 1.83. The number of nitrogens with two attached hydrogens (primary N) is 1. The Bertz CT molecular complexity index is 572. The quantitative estimate of drug-likeness (QED) is 0.860. The van der Waals surface area contributed by atoms with E-state index in [1.54, 1.807) is 0 Å². The van der Waals surface area contributed by atoms with Crippen LogP contribution in [-0.4, -0.2) is 10.2 Å². The van der Waals surface area contributed by atoms with Gasteiger partial charge in [0.2, 0.25) is 5.01 Å². The largest absolute Gasteiger partial charge is 0.445 e. The number of ether oxygens (including phenoxy) is 1. The number of nitrogens with zero attached hydrogens (tertiary/aromatic N) is 2. The predicted molar refractivity (Wildman–Crippen MR) is 60.8 cm³/mol. The molecule has 0 unspecified atom stereocenters. The summed E-state index contributed by atoms with van der Waals surface area (Å²) in [5.74, 6) is 0.171. The Kier molecular flexibility index (Phi) is 3.31. The average molecular weight is 296 g/mol. The van der Waals surface area contributed by atoms with Gasteiger partial charge in [0.15, 0.2) is 5.75 Å². The van der Waals surface area contributed by atoms with Gasteiger partial charge in [0.25, 0.3) is 5.19 Å². The van der Waals surface area contributed by atoms with Crippen LogP contribution in [0.1, 0.15) is 5.01 Å². The lowest BCUT2D eigenvalue weighted by molar-refractivity contribution is -0.138. The van der Waals surface area contributed by atoms with E-state index in [1.807, 2.05) is 0 Å². The number of nitrogen functional groups attached to an aromatic ring is 1. The molecule has 0 bridgehead atoms. The zero-order valence-corrected chi connectivity index (χ0v) is 10.1. The fourth-order valence-electron chi connectivity index (χ4n) is 1.07. The van der Waals surface area contributed by atoms with Gasteiger partial charge in [-0.3, -0.25) is 0 Å².